The molecule has 2 rings (SSSR count). The number of pyridine rings is 1. The highest BCUT2D eigenvalue weighted by molar-refractivity contribution is 6.19. The van der Waals surface area contributed by atoms with Crippen molar-refractivity contribution in [2.75, 3.05) is 0 Å². The number of rotatable bonds is 1. The first-order chi connectivity index (χ1) is 9.60. The molecule has 0 N–H and O–H groups in total. The first-order valence-electron chi connectivity index (χ1n) is 5.42. The van der Waals surface area contributed by atoms with Gasteiger partial charge in [0.15, 0.2) is 12.4 Å². The molecule has 1 aromatic heterocycles. The summed E-state index contributed by atoms with van der Waals surface area (Å²) >= 11 is 0. The van der Waals surface area contributed by atoms with Crippen LogP contribution < -0.4 is 4.57 Å². The van der Waals surface area contributed by atoms with Crippen LogP contribution in [-0.2, 0) is 4.79 Å². The predicted octanol–water partition coefficient (Wildman–Crippen LogP) is 2.02. The monoisotopic (exact) mass is 310 g/mol. The Bertz CT molecular complexity index is 617. The smallest absolute Gasteiger partial charge is 0.264 e. The highest BCUT2D eigenvalue weighted by Crippen LogP contribution is 2.29. The number of nitrogens with zero attached hydrogens (tertiary/aromatic N) is 3. The molecular formula is C11H6F6N3O+. The van der Waals surface area contributed by atoms with Crippen LogP contribution in [0, 0.1) is 0 Å². The van der Waals surface area contributed by atoms with Crippen molar-refractivity contribution >= 4 is 17.5 Å². The number of halogens is 6. The zero-order chi connectivity index (χ0) is 15.8. The average molecular weight is 310 g/mol. The fraction of sp³-hybridized carbons (Fsp3) is 0.273. The Morgan fingerprint density at radius 2 is 1.48 bits per heavy atom. The van der Waals surface area contributed by atoms with Crippen LogP contribution in [0.3, 0.4) is 0 Å². The fourth-order valence-corrected chi connectivity index (χ4v) is 1.68. The number of carbonyl (C=O) groups excluding carboxylic acids is 1. The van der Waals surface area contributed by atoms with Gasteiger partial charge in [-0.15, -0.1) is 0 Å². The number of hydrogen-bond donors (Lipinski definition) is 0. The fourth-order valence-electron chi connectivity index (χ4n) is 1.68. The topological polar surface area (TPSA) is 45.7 Å². The average Bonchev–Trinajstić information content (AvgIpc) is 2.36. The van der Waals surface area contributed by atoms with E-state index in [1.54, 1.807) is 0 Å². The van der Waals surface area contributed by atoms with Gasteiger partial charge in [-0.25, -0.2) is 4.99 Å². The van der Waals surface area contributed by atoms with E-state index in [1.165, 1.54) is 18.2 Å². The van der Waals surface area contributed by atoms with Crippen molar-refractivity contribution in [1.82, 2.24) is 0 Å². The zero-order valence-electron chi connectivity index (χ0n) is 9.98. The molecule has 0 unspecified atom stereocenters. The summed E-state index contributed by atoms with van der Waals surface area (Å²) in [5, 5.41) is 0. The Morgan fingerprint density at radius 3 is 1.95 bits per heavy atom. The van der Waals surface area contributed by atoms with E-state index in [0.717, 1.165) is 17.0 Å². The second kappa shape index (κ2) is 4.93. The van der Waals surface area contributed by atoms with E-state index in [-0.39, 0.29) is 0 Å². The van der Waals surface area contributed by atoms with Crippen molar-refractivity contribution in [2.45, 2.75) is 18.4 Å². The Hall–Kier alpha value is -2.26. The van der Waals surface area contributed by atoms with Gasteiger partial charge >= 0.3 is 18.3 Å². The molecule has 0 aliphatic carbocycles. The first kappa shape index (κ1) is 15.1. The van der Waals surface area contributed by atoms with Crippen molar-refractivity contribution in [3.8, 4) is 0 Å². The molecule has 0 fully saturated rings. The van der Waals surface area contributed by atoms with Gasteiger partial charge in [0.2, 0.25) is 11.5 Å². The highest BCUT2D eigenvalue weighted by atomic mass is 19.4. The second-order valence-electron chi connectivity index (χ2n) is 3.99. The molecule has 1 amide bonds. The maximum atomic E-state index is 12.9. The summed E-state index contributed by atoms with van der Waals surface area (Å²) in [4.78, 5) is 16.7. The van der Waals surface area contributed by atoms with Gasteiger partial charge in [0.05, 0.1) is 0 Å². The standard InChI is InChI=1S/C11H6F6N3O/c12-10(13,14)7-6(20-4-2-1-3-5-20)8(21)19-9(18-7)11(15,16)17/h1-6H/q+1/t6-/m1/s1. The van der Waals surface area contributed by atoms with Crippen molar-refractivity contribution in [3.63, 3.8) is 0 Å². The number of carbonyl (C=O) groups is 1. The van der Waals surface area contributed by atoms with E-state index >= 15 is 0 Å². The first-order valence-corrected chi connectivity index (χ1v) is 5.42. The Balaban J connectivity index is 2.56. The molecular weight excluding hydrogens is 304 g/mol. The second-order valence-corrected chi connectivity index (χ2v) is 3.99. The lowest BCUT2D eigenvalue weighted by Gasteiger charge is -2.19. The third-order valence-corrected chi connectivity index (χ3v) is 2.52. The normalized spacial score (nSPS) is 20.1. The van der Waals surface area contributed by atoms with Gasteiger partial charge in [0.25, 0.3) is 6.04 Å². The highest BCUT2D eigenvalue weighted by Gasteiger charge is 2.54. The minimum absolute atomic E-state index is 0.797. The number of aromatic nitrogens is 1. The van der Waals surface area contributed by atoms with E-state index in [9.17, 15) is 31.1 Å². The summed E-state index contributed by atoms with van der Waals surface area (Å²) in [6.45, 7) is 0. The predicted molar refractivity (Wildman–Crippen MR) is 57.7 cm³/mol. The van der Waals surface area contributed by atoms with Crippen LogP contribution in [-0.4, -0.2) is 29.8 Å². The van der Waals surface area contributed by atoms with E-state index in [2.05, 4.69) is 9.98 Å². The summed E-state index contributed by atoms with van der Waals surface area (Å²) in [6.07, 6.45) is -8.22. The summed E-state index contributed by atoms with van der Waals surface area (Å²) in [5.41, 5.74) is -1.86. The number of hydrogen-bond acceptors (Lipinski definition) is 2. The lowest BCUT2D eigenvalue weighted by Crippen LogP contribution is -2.54. The van der Waals surface area contributed by atoms with E-state index < -0.39 is 35.8 Å². The van der Waals surface area contributed by atoms with Crippen molar-refractivity contribution < 1.29 is 35.7 Å². The SMILES string of the molecule is O=C1N=C(C(F)(F)F)N=C(C(F)(F)F)[C@H]1[n+]1ccccc1. The molecule has 1 aromatic rings. The molecule has 21 heavy (non-hydrogen) atoms. The molecule has 112 valence electrons. The van der Waals surface area contributed by atoms with Crippen LogP contribution in [0.5, 0.6) is 0 Å². The van der Waals surface area contributed by atoms with Crippen LogP contribution in [0.4, 0.5) is 26.3 Å². The molecule has 0 radical (unpaired) electrons. The molecule has 1 aliphatic rings. The summed E-state index contributed by atoms with van der Waals surface area (Å²) in [7, 11) is 0. The summed E-state index contributed by atoms with van der Waals surface area (Å²) in [6, 6.07) is 2.05. The zero-order valence-corrected chi connectivity index (χ0v) is 9.98. The molecule has 2 heterocycles. The van der Waals surface area contributed by atoms with E-state index in [1.807, 2.05) is 0 Å². The van der Waals surface area contributed by atoms with Crippen LogP contribution in [0.15, 0.2) is 40.6 Å². The van der Waals surface area contributed by atoms with Crippen LogP contribution in [0.1, 0.15) is 6.04 Å². The van der Waals surface area contributed by atoms with E-state index in [4.69, 9.17) is 0 Å². The molecule has 1 aliphatic heterocycles. The van der Waals surface area contributed by atoms with Gasteiger partial charge in [0.1, 0.15) is 0 Å². The molecule has 0 aromatic carbocycles. The minimum atomic E-state index is -5.24. The maximum Gasteiger partial charge on any atom is 0.451 e. The number of alkyl halides is 6. The van der Waals surface area contributed by atoms with Crippen LogP contribution in [0.2, 0.25) is 0 Å². The summed E-state index contributed by atoms with van der Waals surface area (Å²) < 4.78 is 76.8. The minimum Gasteiger partial charge on any atom is -0.264 e. The van der Waals surface area contributed by atoms with Gasteiger partial charge in [-0.3, -0.25) is 4.79 Å². The van der Waals surface area contributed by atoms with Crippen molar-refractivity contribution in [2.24, 2.45) is 9.98 Å². The molecule has 0 spiro atoms. The van der Waals surface area contributed by atoms with Crippen LogP contribution in [0.25, 0.3) is 0 Å². The molecule has 0 bridgehead atoms. The molecule has 10 heteroatoms. The third kappa shape index (κ3) is 3.09. The largest absolute Gasteiger partial charge is 0.451 e. The molecule has 0 saturated heterocycles. The molecule has 1 atom stereocenters. The van der Waals surface area contributed by atoms with Crippen molar-refractivity contribution in [3.05, 3.63) is 30.6 Å². The van der Waals surface area contributed by atoms with Gasteiger partial charge in [-0.05, 0) is 0 Å². The number of amidine groups is 1. The van der Waals surface area contributed by atoms with Crippen molar-refractivity contribution in [1.29, 1.82) is 0 Å². The molecule has 0 saturated carbocycles. The Labute approximate surface area is 113 Å². The Kier molecular flexibility index (Phi) is 3.56. The number of aliphatic imine (C=N–C) groups is 2. The van der Waals surface area contributed by atoms with Gasteiger partial charge in [-0.1, -0.05) is 6.07 Å². The lowest BCUT2D eigenvalue weighted by atomic mass is 10.1. The van der Waals surface area contributed by atoms with Gasteiger partial charge in [-0.2, -0.15) is 35.9 Å². The maximum absolute atomic E-state index is 12.9. The third-order valence-electron chi connectivity index (χ3n) is 2.52. The Morgan fingerprint density at radius 1 is 0.905 bits per heavy atom. The molecule has 4 nitrogen and oxygen atoms in total. The van der Waals surface area contributed by atoms with E-state index in [0.29, 0.717) is 0 Å². The van der Waals surface area contributed by atoms with Gasteiger partial charge in [0, 0.05) is 12.1 Å². The number of amides is 1. The lowest BCUT2D eigenvalue weighted by molar-refractivity contribution is -0.694. The quantitative estimate of drug-likeness (QED) is 0.578. The summed E-state index contributed by atoms with van der Waals surface area (Å²) in [5.74, 6) is -3.69. The van der Waals surface area contributed by atoms with Gasteiger partial charge < -0.3 is 0 Å². The van der Waals surface area contributed by atoms with Crippen LogP contribution >= 0.6 is 0 Å².